The van der Waals surface area contributed by atoms with Gasteiger partial charge in [0.05, 0.1) is 19.9 Å². The van der Waals surface area contributed by atoms with Crippen molar-refractivity contribution in [3.05, 3.63) is 18.2 Å². The number of anilines is 1. The Labute approximate surface area is 164 Å². The molecule has 1 amide bonds. The molecule has 1 aliphatic rings. The van der Waals surface area contributed by atoms with Crippen LogP contribution in [0.4, 0.5) is 5.69 Å². The van der Waals surface area contributed by atoms with Crippen LogP contribution >= 0.6 is 0 Å². The van der Waals surface area contributed by atoms with E-state index in [0.717, 1.165) is 25.6 Å². The summed E-state index contributed by atoms with van der Waals surface area (Å²) in [7, 11) is 3.19. The van der Waals surface area contributed by atoms with E-state index in [9.17, 15) is 4.79 Å². The number of carbonyl (C=O) groups is 3. The van der Waals surface area contributed by atoms with Gasteiger partial charge < -0.3 is 29.9 Å². The highest BCUT2D eigenvalue weighted by Gasteiger charge is 2.17. The molecule has 0 aliphatic carbocycles. The largest absolute Gasteiger partial charge is 0.497 e. The summed E-state index contributed by atoms with van der Waals surface area (Å²) in [5, 5.41) is 17.7. The Balaban J connectivity index is 0.000000568. The second kappa shape index (κ2) is 11.8. The van der Waals surface area contributed by atoms with Crippen molar-refractivity contribution in [2.75, 3.05) is 39.2 Å². The van der Waals surface area contributed by atoms with E-state index in [1.165, 1.54) is 12.8 Å². The van der Waals surface area contributed by atoms with E-state index in [4.69, 9.17) is 29.3 Å². The molecule has 1 aliphatic heterocycles. The summed E-state index contributed by atoms with van der Waals surface area (Å²) in [6.45, 7) is 5.28. The molecule has 9 nitrogen and oxygen atoms in total. The first kappa shape index (κ1) is 23.2. The van der Waals surface area contributed by atoms with Gasteiger partial charge >= 0.3 is 11.9 Å². The maximum atomic E-state index is 12.1. The Morgan fingerprint density at radius 3 is 2.39 bits per heavy atom. The molecule has 0 bridgehead atoms. The monoisotopic (exact) mass is 396 g/mol. The number of carboxylic acids is 2. The third-order valence-corrected chi connectivity index (χ3v) is 4.26. The molecule has 2 rings (SSSR count). The summed E-state index contributed by atoms with van der Waals surface area (Å²) in [6.07, 6.45) is 3.03. The van der Waals surface area contributed by atoms with Gasteiger partial charge in [0.2, 0.25) is 5.91 Å². The molecule has 1 heterocycles. The number of likely N-dealkylation sites (tertiary alicyclic amines) is 1. The first-order chi connectivity index (χ1) is 13.3. The molecule has 1 saturated heterocycles. The fourth-order valence-electron chi connectivity index (χ4n) is 2.86. The number of rotatable bonds is 6. The molecule has 0 spiro atoms. The summed E-state index contributed by atoms with van der Waals surface area (Å²) < 4.78 is 10.4. The normalized spacial score (nSPS) is 16.3. The number of benzene rings is 1. The Bertz CT molecular complexity index is 666. The van der Waals surface area contributed by atoms with Crippen molar-refractivity contribution in [2.24, 2.45) is 5.92 Å². The molecule has 1 aromatic rings. The molecule has 1 atom stereocenters. The van der Waals surface area contributed by atoms with E-state index in [0.29, 0.717) is 23.6 Å². The van der Waals surface area contributed by atoms with Gasteiger partial charge in [0, 0.05) is 25.6 Å². The number of ether oxygens (including phenoxy) is 2. The van der Waals surface area contributed by atoms with Crippen LogP contribution in [-0.4, -0.2) is 66.8 Å². The van der Waals surface area contributed by atoms with E-state index in [1.807, 2.05) is 6.07 Å². The molecular formula is C19H28N2O7. The summed E-state index contributed by atoms with van der Waals surface area (Å²) in [6, 6.07) is 5.38. The summed E-state index contributed by atoms with van der Waals surface area (Å²) in [5.41, 5.74) is 0.681. The zero-order valence-corrected chi connectivity index (χ0v) is 16.4. The molecule has 0 aromatic heterocycles. The highest BCUT2D eigenvalue weighted by atomic mass is 16.5. The highest BCUT2D eigenvalue weighted by Crippen LogP contribution is 2.29. The lowest BCUT2D eigenvalue weighted by Crippen LogP contribution is -2.36. The van der Waals surface area contributed by atoms with Crippen LogP contribution in [-0.2, 0) is 14.4 Å². The average molecular weight is 396 g/mol. The molecular weight excluding hydrogens is 368 g/mol. The van der Waals surface area contributed by atoms with Gasteiger partial charge in [-0.25, -0.2) is 9.59 Å². The van der Waals surface area contributed by atoms with Gasteiger partial charge in [-0.2, -0.15) is 0 Å². The van der Waals surface area contributed by atoms with Gasteiger partial charge in [0.25, 0.3) is 0 Å². The minimum absolute atomic E-state index is 0.0155. The van der Waals surface area contributed by atoms with Crippen LogP contribution in [0.5, 0.6) is 11.5 Å². The summed E-state index contributed by atoms with van der Waals surface area (Å²) in [5.74, 6) is -1.58. The number of nitrogens with zero attached hydrogens (tertiary/aromatic N) is 1. The van der Waals surface area contributed by atoms with E-state index < -0.39 is 11.9 Å². The SMILES string of the molecule is COc1ccc(NC(=O)CCN2CCCC(C)C2)c(OC)c1.O=C(O)C(=O)O. The lowest BCUT2D eigenvalue weighted by Gasteiger charge is -2.30. The smallest absolute Gasteiger partial charge is 0.414 e. The van der Waals surface area contributed by atoms with Crippen LogP contribution < -0.4 is 14.8 Å². The standard InChI is InChI=1S/C17H26N2O3.C2H2O4/c1-13-5-4-9-19(12-13)10-8-17(20)18-15-7-6-14(21-2)11-16(15)22-3;3-1(4)2(5)6/h6-7,11,13H,4-5,8-10,12H2,1-3H3,(H,18,20);(H,3,4)(H,5,6). The molecule has 9 heteroatoms. The molecule has 3 N–H and O–H groups in total. The van der Waals surface area contributed by atoms with Gasteiger partial charge in [-0.15, -0.1) is 0 Å². The van der Waals surface area contributed by atoms with Crippen LogP contribution in [0.2, 0.25) is 0 Å². The topological polar surface area (TPSA) is 125 Å². The Morgan fingerprint density at radius 2 is 1.86 bits per heavy atom. The first-order valence-corrected chi connectivity index (χ1v) is 8.97. The van der Waals surface area contributed by atoms with Gasteiger partial charge in [-0.3, -0.25) is 4.79 Å². The van der Waals surface area contributed by atoms with Gasteiger partial charge in [0.15, 0.2) is 0 Å². The second-order valence-corrected chi connectivity index (χ2v) is 6.52. The number of methoxy groups -OCH3 is 2. The second-order valence-electron chi connectivity index (χ2n) is 6.52. The summed E-state index contributed by atoms with van der Waals surface area (Å²) >= 11 is 0. The van der Waals surface area contributed by atoms with Gasteiger partial charge in [-0.05, 0) is 37.4 Å². The van der Waals surface area contributed by atoms with Crippen molar-refractivity contribution in [3.8, 4) is 11.5 Å². The number of hydrogen-bond donors (Lipinski definition) is 3. The fraction of sp³-hybridized carbons (Fsp3) is 0.526. The van der Waals surface area contributed by atoms with E-state index in [1.54, 1.807) is 26.4 Å². The maximum Gasteiger partial charge on any atom is 0.414 e. The number of amides is 1. The lowest BCUT2D eigenvalue weighted by molar-refractivity contribution is -0.159. The number of piperidine rings is 1. The van der Waals surface area contributed by atoms with Crippen molar-refractivity contribution >= 4 is 23.5 Å². The average Bonchev–Trinajstić information content (AvgIpc) is 2.67. The van der Waals surface area contributed by atoms with Crippen molar-refractivity contribution in [3.63, 3.8) is 0 Å². The Kier molecular flexibility index (Phi) is 9.80. The molecule has 1 unspecified atom stereocenters. The van der Waals surface area contributed by atoms with Gasteiger partial charge in [-0.1, -0.05) is 6.92 Å². The number of aliphatic carboxylic acids is 2. The molecule has 156 valence electrons. The minimum Gasteiger partial charge on any atom is -0.497 e. The van der Waals surface area contributed by atoms with Crippen LogP contribution in [0.3, 0.4) is 0 Å². The molecule has 1 aromatic carbocycles. The van der Waals surface area contributed by atoms with E-state index >= 15 is 0 Å². The number of nitrogens with one attached hydrogen (secondary N) is 1. The number of carbonyl (C=O) groups excluding carboxylic acids is 1. The maximum absolute atomic E-state index is 12.1. The number of carboxylic acid groups (broad SMARTS) is 2. The van der Waals surface area contributed by atoms with E-state index in [-0.39, 0.29) is 5.91 Å². The van der Waals surface area contributed by atoms with Crippen LogP contribution in [0.15, 0.2) is 18.2 Å². The minimum atomic E-state index is -1.82. The molecule has 0 saturated carbocycles. The molecule has 1 fully saturated rings. The van der Waals surface area contributed by atoms with Crippen molar-refractivity contribution in [1.82, 2.24) is 4.90 Å². The molecule has 0 radical (unpaired) electrons. The zero-order chi connectivity index (χ0) is 21.1. The summed E-state index contributed by atoms with van der Waals surface area (Å²) in [4.78, 5) is 32.7. The van der Waals surface area contributed by atoms with Crippen LogP contribution in [0.1, 0.15) is 26.2 Å². The van der Waals surface area contributed by atoms with Gasteiger partial charge in [0.1, 0.15) is 11.5 Å². The van der Waals surface area contributed by atoms with Crippen molar-refractivity contribution < 1.29 is 34.1 Å². The van der Waals surface area contributed by atoms with Crippen molar-refractivity contribution in [1.29, 1.82) is 0 Å². The predicted octanol–water partition coefficient (Wildman–Crippen LogP) is 1.92. The third kappa shape index (κ3) is 8.26. The Hall–Kier alpha value is -2.81. The number of hydrogen-bond acceptors (Lipinski definition) is 6. The van der Waals surface area contributed by atoms with E-state index in [2.05, 4.69) is 17.1 Å². The Morgan fingerprint density at radius 1 is 1.18 bits per heavy atom. The van der Waals surface area contributed by atoms with Crippen LogP contribution in [0, 0.1) is 5.92 Å². The third-order valence-electron chi connectivity index (χ3n) is 4.26. The van der Waals surface area contributed by atoms with Crippen LogP contribution in [0.25, 0.3) is 0 Å². The lowest BCUT2D eigenvalue weighted by atomic mass is 10.0. The quantitative estimate of drug-likeness (QED) is 0.623. The zero-order valence-electron chi connectivity index (χ0n) is 16.4. The first-order valence-electron chi connectivity index (χ1n) is 8.97. The fourth-order valence-corrected chi connectivity index (χ4v) is 2.86. The van der Waals surface area contributed by atoms with Crippen molar-refractivity contribution in [2.45, 2.75) is 26.2 Å². The predicted molar refractivity (Wildman–Crippen MR) is 103 cm³/mol. The molecule has 28 heavy (non-hydrogen) atoms. The highest BCUT2D eigenvalue weighted by molar-refractivity contribution is 6.27.